The van der Waals surface area contributed by atoms with Gasteiger partial charge in [0.05, 0.1) is 44.1 Å². The number of benzene rings is 4. The van der Waals surface area contributed by atoms with Gasteiger partial charge in [-0.1, -0.05) is 72.8 Å². The monoisotopic (exact) mass is 578 g/mol. The minimum absolute atomic E-state index is 0.00805. The van der Waals surface area contributed by atoms with Gasteiger partial charge in [0, 0.05) is 0 Å². The molecule has 0 spiro atoms. The van der Waals surface area contributed by atoms with Gasteiger partial charge in [-0.05, 0) is 71.5 Å². The Balaban J connectivity index is 1.17. The van der Waals surface area contributed by atoms with Crippen LogP contribution in [-0.2, 0) is 24.4 Å². The van der Waals surface area contributed by atoms with E-state index < -0.39 is 5.41 Å². The molecule has 2 heterocycles. The van der Waals surface area contributed by atoms with E-state index in [1.807, 2.05) is 13.8 Å². The molecule has 2 aliphatic heterocycles. The summed E-state index contributed by atoms with van der Waals surface area (Å²) in [4.78, 5) is 0. The Morgan fingerprint density at radius 1 is 0.605 bits per heavy atom. The zero-order valence-electron chi connectivity index (χ0n) is 24.7. The smallest absolute Gasteiger partial charge is 0.119 e. The van der Waals surface area contributed by atoms with Crippen molar-refractivity contribution in [3.05, 3.63) is 119 Å². The maximum absolute atomic E-state index is 6.11. The van der Waals surface area contributed by atoms with Gasteiger partial charge in [0.1, 0.15) is 36.9 Å². The van der Waals surface area contributed by atoms with E-state index in [1.165, 1.54) is 33.4 Å². The van der Waals surface area contributed by atoms with Crippen molar-refractivity contribution in [2.45, 2.75) is 43.7 Å². The molecular formula is C37H38O6. The lowest BCUT2D eigenvalue weighted by molar-refractivity contribution is 0.0241. The van der Waals surface area contributed by atoms with E-state index in [1.54, 1.807) is 0 Å². The third-order valence-electron chi connectivity index (χ3n) is 8.43. The third-order valence-corrected chi connectivity index (χ3v) is 8.43. The molecule has 0 aromatic heterocycles. The zero-order chi connectivity index (χ0) is 29.2. The van der Waals surface area contributed by atoms with Gasteiger partial charge in [-0.15, -0.1) is 0 Å². The van der Waals surface area contributed by atoms with Crippen molar-refractivity contribution < 1.29 is 28.4 Å². The van der Waals surface area contributed by atoms with Crippen LogP contribution in [0.4, 0.5) is 0 Å². The summed E-state index contributed by atoms with van der Waals surface area (Å²) in [5.41, 5.74) is 6.95. The summed E-state index contributed by atoms with van der Waals surface area (Å²) < 4.78 is 34.4. The van der Waals surface area contributed by atoms with Crippen LogP contribution < -0.4 is 9.47 Å². The summed E-state index contributed by atoms with van der Waals surface area (Å²) in [6.45, 7) is 7.87. The van der Waals surface area contributed by atoms with Gasteiger partial charge in [-0.25, -0.2) is 0 Å². The van der Waals surface area contributed by atoms with Gasteiger partial charge >= 0.3 is 0 Å². The summed E-state index contributed by atoms with van der Waals surface area (Å²) in [7, 11) is 0. The molecular weight excluding hydrogens is 540 g/mol. The predicted octanol–water partition coefficient (Wildman–Crippen LogP) is 6.42. The van der Waals surface area contributed by atoms with Crippen LogP contribution in [-0.4, -0.2) is 64.1 Å². The van der Waals surface area contributed by atoms with E-state index in [2.05, 4.69) is 97.1 Å². The second-order valence-electron chi connectivity index (χ2n) is 11.7. The molecule has 0 radical (unpaired) electrons. The van der Waals surface area contributed by atoms with Crippen molar-refractivity contribution in [1.82, 2.24) is 0 Å². The first kappa shape index (κ1) is 28.1. The molecule has 6 nitrogen and oxygen atoms in total. The molecule has 6 heteroatoms. The molecule has 0 bridgehead atoms. The van der Waals surface area contributed by atoms with E-state index >= 15 is 0 Å². The summed E-state index contributed by atoms with van der Waals surface area (Å²) in [6.07, 6.45) is 0.485. The normalized spacial score (nSPS) is 20.5. The first-order valence-corrected chi connectivity index (χ1v) is 15.2. The Kier molecular flexibility index (Phi) is 7.93. The molecule has 43 heavy (non-hydrogen) atoms. The van der Waals surface area contributed by atoms with Gasteiger partial charge in [0.25, 0.3) is 0 Å². The third kappa shape index (κ3) is 5.93. The van der Waals surface area contributed by atoms with E-state index in [4.69, 9.17) is 28.4 Å². The molecule has 0 amide bonds. The Morgan fingerprint density at radius 2 is 1.00 bits per heavy atom. The SMILES string of the molecule is CC(COc1ccc(C2(c3ccc(OCC(C)OCC4CO4)cc3)c3ccccc3-c3ccccc32)cc1)OCC1CO1. The molecule has 4 unspecified atom stereocenters. The van der Waals surface area contributed by atoms with Crippen LogP contribution in [0.5, 0.6) is 11.5 Å². The Bertz CT molecular complexity index is 1410. The average molecular weight is 579 g/mol. The second-order valence-corrected chi connectivity index (χ2v) is 11.7. The number of rotatable bonds is 14. The highest BCUT2D eigenvalue weighted by atomic mass is 16.6. The summed E-state index contributed by atoms with van der Waals surface area (Å²) in [5, 5.41) is 0. The van der Waals surface area contributed by atoms with E-state index in [9.17, 15) is 0 Å². The standard InChI is InChI=1S/C37H38O6/c1-25(38-21-31-23-42-31)19-40-29-15-11-27(12-16-29)37(35-9-5-3-7-33(35)34-8-4-6-10-36(34)37)28-13-17-30(18-14-28)41-20-26(2)39-22-32-24-43-32/h3-18,25-26,31-32H,19-24H2,1-2H3. The largest absolute Gasteiger partial charge is 0.491 e. The first-order chi connectivity index (χ1) is 21.1. The highest BCUT2D eigenvalue weighted by Gasteiger charge is 2.45. The summed E-state index contributed by atoms with van der Waals surface area (Å²) in [5.74, 6) is 1.65. The van der Waals surface area contributed by atoms with Gasteiger partial charge in [0.2, 0.25) is 0 Å². The van der Waals surface area contributed by atoms with E-state index in [0.717, 1.165) is 24.7 Å². The quantitative estimate of drug-likeness (QED) is 0.142. The molecule has 4 atom stereocenters. The van der Waals surface area contributed by atoms with Crippen molar-refractivity contribution in [2.75, 3.05) is 39.6 Å². The van der Waals surface area contributed by atoms with E-state index in [0.29, 0.717) is 26.4 Å². The van der Waals surface area contributed by atoms with Crippen LogP contribution in [0.2, 0.25) is 0 Å². The Hall–Kier alpha value is -3.68. The predicted molar refractivity (Wildman–Crippen MR) is 165 cm³/mol. The number of hydrogen-bond donors (Lipinski definition) is 0. The fourth-order valence-corrected chi connectivity index (χ4v) is 6.02. The first-order valence-electron chi connectivity index (χ1n) is 15.2. The lowest BCUT2D eigenvalue weighted by Gasteiger charge is -2.34. The fourth-order valence-electron chi connectivity index (χ4n) is 6.02. The molecule has 222 valence electrons. The van der Waals surface area contributed by atoms with Crippen LogP contribution in [0.1, 0.15) is 36.1 Å². The van der Waals surface area contributed by atoms with Gasteiger partial charge in [0.15, 0.2) is 0 Å². The molecule has 0 N–H and O–H groups in total. The molecule has 1 aliphatic carbocycles. The van der Waals surface area contributed by atoms with Crippen LogP contribution in [0.3, 0.4) is 0 Å². The minimum Gasteiger partial charge on any atom is -0.491 e. The molecule has 7 rings (SSSR count). The lowest BCUT2D eigenvalue weighted by Crippen LogP contribution is -2.28. The van der Waals surface area contributed by atoms with Gasteiger partial charge in [-0.3, -0.25) is 0 Å². The minimum atomic E-state index is -0.481. The van der Waals surface area contributed by atoms with Crippen molar-refractivity contribution in [2.24, 2.45) is 0 Å². The van der Waals surface area contributed by atoms with Crippen molar-refractivity contribution in [1.29, 1.82) is 0 Å². The highest BCUT2D eigenvalue weighted by molar-refractivity contribution is 5.86. The maximum Gasteiger partial charge on any atom is 0.119 e. The molecule has 0 saturated carbocycles. The van der Waals surface area contributed by atoms with Gasteiger partial charge in [-0.2, -0.15) is 0 Å². The van der Waals surface area contributed by atoms with Crippen LogP contribution in [0.15, 0.2) is 97.1 Å². The van der Waals surface area contributed by atoms with Gasteiger partial charge < -0.3 is 28.4 Å². The maximum atomic E-state index is 6.11. The van der Waals surface area contributed by atoms with Crippen LogP contribution in [0.25, 0.3) is 11.1 Å². The lowest BCUT2D eigenvalue weighted by atomic mass is 9.68. The van der Waals surface area contributed by atoms with Crippen molar-refractivity contribution in [3.8, 4) is 22.6 Å². The molecule has 2 saturated heterocycles. The number of epoxide rings is 2. The average Bonchev–Trinajstić information content (AvgIpc) is 3.99. The Labute approximate surface area is 253 Å². The molecule has 4 aromatic carbocycles. The summed E-state index contributed by atoms with van der Waals surface area (Å²) >= 11 is 0. The fraction of sp³-hybridized carbons (Fsp3) is 0.351. The number of ether oxygens (including phenoxy) is 6. The van der Waals surface area contributed by atoms with Crippen LogP contribution in [0, 0.1) is 0 Å². The highest BCUT2D eigenvalue weighted by Crippen LogP contribution is 2.56. The topological polar surface area (TPSA) is 62.0 Å². The number of fused-ring (bicyclic) bond motifs is 3. The number of hydrogen-bond acceptors (Lipinski definition) is 6. The molecule has 3 aliphatic rings. The molecule has 4 aromatic rings. The van der Waals surface area contributed by atoms with Crippen molar-refractivity contribution in [3.63, 3.8) is 0 Å². The zero-order valence-corrected chi connectivity index (χ0v) is 24.7. The van der Waals surface area contributed by atoms with Crippen molar-refractivity contribution >= 4 is 0 Å². The second kappa shape index (κ2) is 12.1. The summed E-state index contributed by atoms with van der Waals surface area (Å²) in [6, 6.07) is 34.6. The molecule has 2 fully saturated rings. The van der Waals surface area contributed by atoms with E-state index in [-0.39, 0.29) is 24.4 Å². The van der Waals surface area contributed by atoms with Crippen LogP contribution >= 0.6 is 0 Å². The Morgan fingerprint density at radius 3 is 1.40 bits per heavy atom.